The van der Waals surface area contributed by atoms with E-state index in [4.69, 9.17) is 9.47 Å². The van der Waals surface area contributed by atoms with Crippen LogP contribution in [0.4, 0.5) is 0 Å². The molecule has 5 heteroatoms. The number of nitrogens with zero attached hydrogens (tertiary/aromatic N) is 1. The zero-order valence-electron chi connectivity index (χ0n) is 9.59. The second-order valence-corrected chi connectivity index (χ2v) is 4.25. The van der Waals surface area contributed by atoms with Crippen molar-refractivity contribution in [1.82, 2.24) is 4.98 Å². The number of ether oxygens (including phenoxy) is 2. The Balaban J connectivity index is 2.27. The number of hydrogen-bond donors (Lipinski definition) is 0. The summed E-state index contributed by atoms with van der Waals surface area (Å²) in [4.78, 5) is 15.8. The van der Waals surface area contributed by atoms with E-state index in [0.29, 0.717) is 21.5 Å². The van der Waals surface area contributed by atoms with Crippen molar-refractivity contribution in [3.05, 3.63) is 52.8 Å². The first-order valence-electron chi connectivity index (χ1n) is 5.17. The Morgan fingerprint density at radius 3 is 2.61 bits per heavy atom. The lowest BCUT2D eigenvalue weighted by Crippen LogP contribution is -2.09. The smallest absolute Gasteiger partial charge is 0.343 e. The molecule has 0 aliphatic rings. The van der Waals surface area contributed by atoms with Crippen molar-refractivity contribution < 1.29 is 14.3 Å². The van der Waals surface area contributed by atoms with Gasteiger partial charge in [0.1, 0.15) is 0 Å². The Hall–Kier alpha value is -1.88. The molecule has 0 unspecified atom stereocenters. The third kappa shape index (κ3) is 2.68. The van der Waals surface area contributed by atoms with Gasteiger partial charge in [0.25, 0.3) is 0 Å². The van der Waals surface area contributed by atoms with Gasteiger partial charge in [0, 0.05) is 12.4 Å². The van der Waals surface area contributed by atoms with Gasteiger partial charge in [-0.05, 0) is 40.2 Å². The first kappa shape index (κ1) is 12.6. The van der Waals surface area contributed by atoms with Crippen LogP contribution in [0.15, 0.2) is 47.2 Å². The molecule has 0 aliphatic carbocycles. The number of carbonyl (C=O) groups excluding carboxylic acids is 1. The third-order valence-electron chi connectivity index (χ3n) is 2.26. The number of halogens is 1. The fraction of sp³-hybridized carbons (Fsp3) is 0.0769. The highest BCUT2D eigenvalue weighted by Gasteiger charge is 2.14. The van der Waals surface area contributed by atoms with E-state index in [0.717, 1.165) is 0 Å². The summed E-state index contributed by atoms with van der Waals surface area (Å²) in [5.41, 5.74) is 0.433. The minimum atomic E-state index is -0.456. The molecule has 92 valence electrons. The summed E-state index contributed by atoms with van der Waals surface area (Å²) >= 11 is 3.32. The molecular weight excluding hydrogens is 298 g/mol. The van der Waals surface area contributed by atoms with E-state index in [1.54, 1.807) is 30.3 Å². The zero-order valence-corrected chi connectivity index (χ0v) is 11.2. The van der Waals surface area contributed by atoms with Gasteiger partial charge >= 0.3 is 5.97 Å². The minimum Gasteiger partial charge on any atom is -0.493 e. The van der Waals surface area contributed by atoms with E-state index in [-0.39, 0.29) is 0 Å². The normalized spacial score (nSPS) is 9.89. The van der Waals surface area contributed by atoms with Crippen LogP contribution >= 0.6 is 15.9 Å². The Kier molecular flexibility index (Phi) is 3.94. The monoisotopic (exact) mass is 307 g/mol. The maximum Gasteiger partial charge on any atom is 0.343 e. The molecule has 0 aliphatic heterocycles. The van der Waals surface area contributed by atoms with Gasteiger partial charge in [0.05, 0.1) is 17.1 Å². The van der Waals surface area contributed by atoms with Gasteiger partial charge in [0.2, 0.25) is 0 Å². The molecule has 0 amide bonds. The highest BCUT2D eigenvalue weighted by atomic mass is 79.9. The van der Waals surface area contributed by atoms with Crippen LogP contribution in [-0.2, 0) is 0 Å². The molecule has 0 N–H and O–H groups in total. The molecule has 0 radical (unpaired) electrons. The van der Waals surface area contributed by atoms with Crippen molar-refractivity contribution in [2.75, 3.05) is 7.11 Å². The van der Waals surface area contributed by atoms with Crippen LogP contribution in [0.25, 0.3) is 0 Å². The molecule has 0 bridgehead atoms. The quantitative estimate of drug-likeness (QED) is 0.646. The maximum atomic E-state index is 11.9. The van der Waals surface area contributed by atoms with Crippen LogP contribution in [0.5, 0.6) is 11.5 Å². The minimum absolute atomic E-state index is 0.363. The van der Waals surface area contributed by atoms with Gasteiger partial charge < -0.3 is 9.47 Å². The highest BCUT2D eigenvalue weighted by molar-refractivity contribution is 9.10. The van der Waals surface area contributed by atoms with Crippen LogP contribution in [0.3, 0.4) is 0 Å². The Morgan fingerprint density at radius 1 is 1.22 bits per heavy atom. The lowest BCUT2D eigenvalue weighted by molar-refractivity contribution is 0.0728. The van der Waals surface area contributed by atoms with Crippen LogP contribution in [-0.4, -0.2) is 18.1 Å². The van der Waals surface area contributed by atoms with E-state index in [1.165, 1.54) is 19.5 Å². The van der Waals surface area contributed by atoms with Crippen molar-refractivity contribution in [1.29, 1.82) is 0 Å². The molecule has 0 spiro atoms. The number of rotatable bonds is 3. The summed E-state index contributed by atoms with van der Waals surface area (Å²) in [6, 6.07) is 8.47. The summed E-state index contributed by atoms with van der Waals surface area (Å²) < 4.78 is 11.1. The van der Waals surface area contributed by atoms with Crippen LogP contribution in [0.1, 0.15) is 10.4 Å². The van der Waals surface area contributed by atoms with Gasteiger partial charge in [-0.15, -0.1) is 0 Å². The molecule has 0 fully saturated rings. The summed E-state index contributed by atoms with van der Waals surface area (Å²) in [5, 5.41) is 0. The highest BCUT2D eigenvalue weighted by Crippen LogP contribution is 2.35. The van der Waals surface area contributed by atoms with Crippen LogP contribution in [0, 0.1) is 0 Å². The Bertz CT molecular complexity index is 557. The summed E-state index contributed by atoms with van der Waals surface area (Å²) in [7, 11) is 1.52. The van der Waals surface area contributed by atoms with E-state index < -0.39 is 5.97 Å². The largest absolute Gasteiger partial charge is 0.493 e. The molecule has 1 heterocycles. The number of methoxy groups -OCH3 is 1. The molecule has 4 nitrogen and oxygen atoms in total. The summed E-state index contributed by atoms with van der Waals surface area (Å²) in [6.07, 6.45) is 3.07. The van der Waals surface area contributed by atoms with E-state index in [2.05, 4.69) is 20.9 Å². The average Bonchev–Trinajstić information content (AvgIpc) is 2.42. The molecule has 2 rings (SSSR count). The van der Waals surface area contributed by atoms with Gasteiger partial charge in [-0.1, -0.05) is 6.07 Å². The number of hydrogen-bond acceptors (Lipinski definition) is 4. The number of para-hydroxylation sites is 1. The summed E-state index contributed by atoms with van der Waals surface area (Å²) in [5.74, 6) is 0.399. The van der Waals surface area contributed by atoms with Crippen LogP contribution < -0.4 is 9.47 Å². The molecule has 0 atom stereocenters. The Labute approximate surface area is 113 Å². The topological polar surface area (TPSA) is 48.4 Å². The lowest BCUT2D eigenvalue weighted by atomic mass is 10.3. The standard InChI is InChI=1S/C13H10BrNO3/c1-17-11-4-2-3-10(14)12(11)18-13(16)9-5-7-15-8-6-9/h2-8H,1H3. The molecule has 0 saturated heterocycles. The molecule has 0 saturated carbocycles. The average molecular weight is 308 g/mol. The van der Waals surface area contributed by atoms with E-state index in [9.17, 15) is 4.79 Å². The van der Waals surface area contributed by atoms with Gasteiger partial charge in [-0.3, -0.25) is 4.98 Å². The second kappa shape index (κ2) is 5.64. The first-order valence-corrected chi connectivity index (χ1v) is 5.96. The first-order chi connectivity index (χ1) is 8.72. The number of aromatic nitrogens is 1. The van der Waals surface area contributed by atoms with Crippen molar-refractivity contribution >= 4 is 21.9 Å². The van der Waals surface area contributed by atoms with E-state index in [1.807, 2.05) is 0 Å². The fourth-order valence-electron chi connectivity index (χ4n) is 1.39. The SMILES string of the molecule is COc1cccc(Br)c1OC(=O)c1ccncc1. The predicted molar refractivity (Wildman–Crippen MR) is 69.9 cm³/mol. The number of pyridine rings is 1. The fourth-order valence-corrected chi connectivity index (χ4v) is 1.82. The van der Waals surface area contributed by atoms with E-state index >= 15 is 0 Å². The van der Waals surface area contributed by atoms with Crippen molar-refractivity contribution in [3.63, 3.8) is 0 Å². The molecule has 1 aromatic carbocycles. The lowest BCUT2D eigenvalue weighted by Gasteiger charge is -2.10. The molecule has 2 aromatic rings. The van der Waals surface area contributed by atoms with Gasteiger partial charge in [0.15, 0.2) is 11.5 Å². The van der Waals surface area contributed by atoms with Crippen molar-refractivity contribution in [2.24, 2.45) is 0 Å². The van der Waals surface area contributed by atoms with Gasteiger partial charge in [-0.2, -0.15) is 0 Å². The van der Waals surface area contributed by atoms with Crippen molar-refractivity contribution in [3.8, 4) is 11.5 Å². The zero-order chi connectivity index (χ0) is 13.0. The molecule has 1 aromatic heterocycles. The second-order valence-electron chi connectivity index (χ2n) is 3.40. The predicted octanol–water partition coefficient (Wildman–Crippen LogP) is 3.07. The molecule has 18 heavy (non-hydrogen) atoms. The van der Waals surface area contributed by atoms with Gasteiger partial charge in [-0.25, -0.2) is 4.79 Å². The number of carbonyl (C=O) groups is 1. The third-order valence-corrected chi connectivity index (χ3v) is 2.89. The Morgan fingerprint density at radius 2 is 1.94 bits per heavy atom. The summed E-state index contributed by atoms with van der Waals surface area (Å²) in [6.45, 7) is 0. The number of esters is 1. The maximum absolute atomic E-state index is 11.9. The number of benzene rings is 1. The molecular formula is C13H10BrNO3. The van der Waals surface area contributed by atoms with Crippen LogP contribution in [0.2, 0.25) is 0 Å². The van der Waals surface area contributed by atoms with Crippen molar-refractivity contribution in [2.45, 2.75) is 0 Å².